The second-order valence-corrected chi connectivity index (χ2v) is 25.9. The minimum absolute atomic E-state index is 0.108. The van der Waals surface area contributed by atoms with E-state index in [0.29, 0.717) is 69.0 Å². The van der Waals surface area contributed by atoms with E-state index in [1.165, 1.54) is 72.8 Å². The molecular weight excluding hydrogens is 1150 g/mol. The molecule has 0 fully saturated rings. The third-order valence-corrected chi connectivity index (χ3v) is 19.7. The van der Waals surface area contributed by atoms with Crippen LogP contribution >= 0.6 is 0 Å². The summed E-state index contributed by atoms with van der Waals surface area (Å²) in [4.78, 5) is 0.647. The normalized spacial score (nSPS) is 13.9. The van der Waals surface area contributed by atoms with Gasteiger partial charge < -0.3 is 28.4 Å². The lowest BCUT2D eigenvalue weighted by Crippen LogP contribution is -2.01. The van der Waals surface area contributed by atoms with Crippen LogP contribution < -0.4 is 28.4 Å². The first kappa shape index (κ1) is 55.5. The molecule has 426 valence electrons. The van der Waals surface area contributed by atoms with Crippen molar-refractivity contribution in [2.24, 2.45) is 0 Å². The first-order valence-electron chi connectivity index (χ1n) is 27.3. The molecule has 0 spiro atoms. The fraction of sp³-hybridized carbons (Fsp3) is 0. The van der Waals surface area contributed by atoms with Gasteiger partial charge in [0.15, 0.2) is 0 Å². The topological polar surface area (TPSA) is 158 Å². The predicted octanol–water partition coefficient (Wildman–Crippen LogP) is 18.3. The van der Waals surface area contributed by atoms with Gasteiger partial charge in [-0.15, -0.1) is 0 Å². The monoisotopic (exact) mass is 1200 g/mol. The maximum absolute atomic E-state index is 13.7. The van der Waals surface area contributed by atoms with Gasteiger partial charge >= 0.3 is 0 Å². The third-order valence-electron chi connectivity index (χ3n) is 14.3. The van der Waals surface area contributed by atoms with Crippen molar-refractivity contribution in [3.05, 3.63) is 291 Å². The number of hydrogen-bond acceptors (Lipinski definition) is 12. The van der Waals surface area contributed by atoms with Crippen LogP contribution in [0.25, 0.3) is 33.4 Å². The van der Waals surface area contributed by atoms with Crippen LogP contribution in [0.1, 0.15) is 0 Å². The molecule has 0 saturated heterocycles. The van der Waals surface area contributed by atoms with Crippen LogP contribution in [0.2, 0.25) is 0 Å². The van der Waals surface area contributed by atoms with E-state index in [4.69, 9.17) is 28.4 Å². The first-order valence-corrected chi connectivity index (χ1v) is 31.7. The number of rotatable bonds is 0. The van der Waals surface area contributed by atoms with Gasteiger partial charge in [-0.2, -0.15) is 0 Å². The number of hydrogen-bond donors (Lipinski definition) is 0. The SMILES string of the molecule is O=S1(=O)c2ccc(cc2)Oc2ccc(cc2)-c2ccc(cc2)Oc2ccc(cc2)S(=O)(=O)c2ccc(cc2)Oc2ccc(cc2)-c2ccc(cc2)Oc2ccc(cc2)S(=O)(=O)c2ccc(cc2)Oc2ccc(cc2)-c2ccc(cc2)Oc2ccc1cc2. The average molecular weight is 1200 g/mol. The van der Waals surface area contributed by atoms with E-state index in [1.807, 2.05) is 146 Å². The zero-order valence-corrected chi connectivity index (χ0v) is 48.3. The Bertz CT molecular complexity index is 3970. The standard InChI is InChI=1S/C72H48O12S3/c73-85(74)67-37-25-61(26-38-67)79-55-13-1-49(2-14-55)50-3-15-56(16-4-50)80-62-27-39-69(40-28-62)86(75,76)70-43-31-64(32-44-70)82-58-19-7-53(8-20-58)54-11-23-60(24-12-54)84-66-35-47-72(48-36-66)87(77,78)71-45-33-65(34-46-71)83-59-21-9-52(10-22-59)51-5-17-57(18-6-51)81-63-29-41-68(85)42-30-63/h1-48H. The Kier molecular flexibility index (Phi) is 14.9. The number of ether oxygens (including phenoxy) is 6. The quantitative estimate of drug-likeness (QED) is 0.142. The summed E-state index contributed by atoms with van der Waals surface area (Å²) in [6.07, 6.45) is 0. The minimum atomic E-state index is -3.86. The first-order chi connectivity index (χ1) is 42.2. The van der Waals surface area contributed by atoms with Gasteiger partial charge in [0.1, 0.15) is 69.0 Å². The second kappa shape index (κ2) is 23.4. The molecule has 87 heavy (non-hydrogen) atoms. The zero-order valence-electron chi connectivity index (χ0n) is 45.8. The van der Waals surface area contributed by atoms with Gasteiger partial charge in [-0.25, -0.2) is 25.3 Å². The summed E-state index contributed by atoms with van der Waals surface area (Å²) in [6, 6.07) is 82.5. The van der Waals surface area contributed by atoms with Crippen LogP contribution in [-0.2, 0) is 29.5 Å². The van der Waals surface area contributed by atoms with Gasteiger partial charge in [-0.3, -0.25) is 0 Å². The maximum atomic E-state index is 13.7. The lowest BCUT2D eigenvalue weighted by Gasteiger charge is -2.11. The summed E-state index contributed by atoms with van der Waals surface area (Å²) < 4.78 is 119. The lowest BCUT2D eigenvalue weighted by atomic mass is 10.1. The van der Waals surface area contributed by atoms with Crippen molar-refractivity contribution in [3.8, 4) is 102 Å². The molecule has 0 aromatic heterocycles. The Balaban J connectivity index is 0.712. The molecule has 0 N–H and O–H groups in total. The van der Waals surface area contributed by atoms with Crippen molar-refractivity contribution in [3.63, 3.8) is 0 Å². The highest BCUT2D eigenvalue weighted by atomic mass is 32.2. The number of benzene rings is 12. The Hall–Kier alpha value is -10.7. The molecule has 0 aliphatic carbocycles. The van der Waals surface area contributed by atoms with Crippen LogP contribution in [-0.4, -0.2) is 25.3 Å². The van der Waals surface area contributed by atoms with E-state index >= 15 is 0 Å². The summed E-state index contributed by atoms with van der Waals surface area (Å²) >= 11 is 0. The fourth-order valence-electron chi connectivity index (χ4n) is 9.64. The van der Waals surface area contributed by atoms with E-state index < -0.39 is 29.5 Å². The Labute approximate surface area is 503 Å². The molecule has 15 heteroatoms. The van der Waals surface area contributed by atoms with Crippen molar-refractivity contribution in [1.82, 2.24) is 0 Å². The maximum Gasteiger partial charge on any atom is 0.206 e. The van der Waals surface area contributed by atoms with Crippen molar-refractivity contribution < 1.29 is 53.7 Å². The molecule has 12 aromatic carbocycles. The predicted molar refractivity (Wildman–Crippen MR) is 331 cm³/mol. The summed E-state index contributed by atoms with van der Waals surface area (Å²) in [5.41, 5.74) is 5.57. The van der Waals surface area contributed by atoms with E-state index in [1.54, 1.807) is 72.8 Å². The van der Waals surface area contributed by atoms with E-state index in [9.17, 15) is 25.3 Å². The van der Waals surface area contributed by atoms with Gasteiger partial charge in [0.05, 0.1) is 29.4 Å². The van der Waals surface area contributed by atoms with E-state index in [-0.39, 0.29) is 29.4 Å². The summed E-state index contributed by atoms with van der Waals surface area (Å²) in [5.74, 6) is 6.15. The highest BCUT2D eigenvalue weighted by Gasteiger charge is 2.22. The molecule has 12 aromatic rings. The zero-order chi connectivity index (χ0) is 59.5. The molecule has 12 nitrogen and oxygen atoms in total. The smallest absolute Gasteiger partial charge is 0.206 e. The second-order valence-electron chi connectivity index (χ2n) is 20.1. The van der Waals surface area contributed by atoms with Crippen LogP contribution in [0.3, 0.4) is 0 Å². The van der Waals surface area contributed by atoms with E-state index in [2.05, 4.69) is 0 Å². The summed E-state index contributed by atoms with van der Waals surface area (Å²) in [6.45, 7) is 0. The van der Waals surface area contributed by atoms with E-state index in [0.717, 1.165) is 33.4 Å². The summed E-state index contributed by atoms with van der Waals surface area (Å²) in [7, 11) is -11.6. The minimum Gasteiger partial charge on any atom is -0.457 e. The van der Waals surface area contributed by atoms with Gasteiger partial charge in [0, 0.05) is 0 Å². The van der Waals surface area contributed by atoms with Gasteiger partial charge in [-0.1, -0.05) is 72.8 Å². The van der Waals surface area contributed by atoms with Crippen LogP contribution in [0.5, 0.6) is 69.0 Å². The molecule has 0 amide bonds. The molecule has 0 radical (unpaired) electrons. The molecule has 31 rings (SSSR count). The Morgan fingerprint density at radius 3 is 0.333 bits per heavy atom. The molecule has 19 heterocycles. The van der Waals surface area contributed by atoms with Crippen LogP contribution in [0, 0.1) is 0 Å². The Morgan fingerprint density at radius 1 is 0.138 bits per heavy atom. The highest BCUT2D eigenvalue weighted by molar-refractivity contribution is 7.92. The van der Waals surface area contributed by atoms with Crippen molar-refractivity contribution in [1.29, 1.82) is 0 Å². The average Bonchev–Trinajstić information content (AvgIpc) is 2.14. The fourth-order valence-corrected chi connectivity index (χ4v) is 13.4. The summed E-state index contributed by atoms with van der Waals surface area (Å²) in [5, 5.41) is 0. The number of sulfone groups is 3. The van der Waals surface area contributed by atoms with Gasteiger partial charge in [-0.05, 0) is 252 Å². The molecule has 19 aliphatic heterocycles. The van der Waals surface area contributed by atoms with Gasteiger partial charge in [0.2, 0.25) is 29.5 Å². The molecule has 0 saturated carbocycles. The molecule has 0 atom stereocenters. The van der Waals surface area contributed by atoms with Crippen LogP contribution in [0.4, 0.5) is 0 Å². The van der Waals surface area contributed by atoms with Gasteiger partial charge in [0.25, 0.3) is 0 Å². The molecular formula is C72H48O12S3. The highest BCUT2D eigenvalue weighted by Crippen LogP contribution is 2.36. The third kappa shape index (κ3) is 12.3. The van der Waals surface area contributed by atoms with Crippen molar-refractivity contribution >= 4 is 29.5 Å². The molecule has 0 unspecified atom stereocenters. The van der Waals surface area contributed by atoms with Crippen molar-refractivity contribution in [2.75, 3.05) is 0 Å². The lowest BCUT2D eigenvalue weighted by molar-refractivity contribution is 0.481. The van der Waals surface area contributed by atoms with Crippen molar-refractivity contribution in [2.45, 2.75) is 29.4 Å². The molecule has 19 aliphatic rings. The Morgan fingerprint density at radius 2 is 0.230 bits per heavy atom. The molecule has 24 bridgehead atoms. The largest absolute Gasteiger partial charge is 0.457 e. The van der Waals surface area contributed by atoms with Crippen LogP contribution in [0.15, 0.2) is 321 Å².